The molecule has 98 valence electrons. The summed E-state index contributed by atoms with van der Waals surface area (Å²) >= 11 is 0. The van der Waals surface area contributed by atoms with Crippen LogP contribution in [-0.2, 0) is 0 Å². The summed E-state index contributed by atoms with van der Waals surface area (Å²) in [6, 6.07) is 14.3. The predicted octanol–water partition coefficient (Wildman–Crippen LogP) is 3.36. The van der Waals surface area contributed by atoms with Gasteiger partial charge in [0.25, 0.3) is 5.69 Å². The minimum absolute atomic E-state index is 0.0337. The molecule has 0 aliphatic rings. The molecule has 0 radical (unpaired) electrons. The van der Waals surface area contributed by atoms with Crippen LogP contribution in [0.1, 0.15) is 11.1 Å². The number of benzene rings is 2. The Morgan fingerprint density at radius 1 is 1.20 bits per heavy atom. The van der Waals surface area contributed by atoms with Crippen LogP contribution in [0.15, 0.2) is 48.5 Å². The standard InChI is InChI=1S/C15H10N2O3/c16-10-13(9-12-3-1-2-4-15(12)18)11-5-7-14(8-6-11)17(19)20/h1-9,18H/b13-9+. The molecular formula is C15H10N2O3. The second-order valence-corrected chi connectivity index (χ2v) is 4.03. The van der Waals surface area contributed by atoms with Crippen LogP contribution >= 0.6 is 0 Å². The zero-order chi connectivity index (χ0) is 14.5. The molecule has 0 heterocycles. The van der Waals surface area contributed by atoms with Crippen LogP contribution in [0.2, 0.25) is 0 Å². The van der Waals surface area contributed by atoms with Crippen LogP contribution < -0.4 is 0 Å². The molecule has 0 aliphatic carbocycles. The number of para-hydroxylation sites is 1. The fourth-order valence-corrected chi connectivity index (χ4v) is 1.71. The number of phenols is 1. The summed E-state index contributed by atoms with van der Waals surface area (Å²) in [5, 5.41) is 29.4. The van der Waals surface area contributed by atoms with Crippen molar-refractivity contribution in [3.8, 4) is 11.8 Å². The number of nitro groups is 1. The van der Waals surface area contributed by atoms with Gasteiger partial charge in [-0.15, -0.1) is 0 Å². The lowest BCUT2D eigenvalue weighted by molar-refractivity contribution is -0.384. The summed E-state index contributed by atoms with van der Waals surface area (Å²) in [5.74, 6) is 0.0714. The van der Waals surface area contributed by atoms with E-state index in [0.717, 1.165) is 0 Å². The molecule has 0 spiro atoms. The maximum Gasteiger partial charge on any atom is 0.269 e. The van der Waals surface area contributed by atoms with Gasteiger partial charge in [-0.05, 0) is 29.8 Å². The van der Waals surface area contributed by atoms with Gasteiger partial charge in [0.2, 0.25) is 0 Å². The van der Waals surface area contributed by atoms with Crippen molar-refractivity contribution in [1.29, 1.82) is 5.26 Å². The van der Waals surface area contributed by atoms with Crippen molar-refractivity contribution in [2.75, 3.05) is 0 Å². The highest BCUT2D eigenvalue weighted by Gasteiger charge is 2.07. The number of non-ortho nitro benzene ring substituents is 1. The van der Waals surface area contributed by atoms with Crippen molar-refractivity contribution in [2.24, 2.45) is 0 Å². The highest BCUT2D eigenvalue weighted by Crippen LogP contribution is 2.24. The van der Waals surface area contributed by atoms with Crippen molar-refractivity contribution in [2.45, 2.75) is 0 Å². The number of phenolic OH excluding ortho intramolecular Hbond substituents is 1. The van der Waals surface area contributed by atoms with Crippen LogP contribution in [0.4, 0.5) is 5.69 Å². The molecule has 5 nitrogen and oxygen atoms in total. The van der Waals surface area contributed by atoms with Gasteiger partial charge >= 0.3 is 0 Å². The number of nitro benzene ring substituents is 1. The molecule has 0 aliphatic heterocycles. The van der Waals surface area contributed by atoms with Crippen LogP contribution in [0.3, 0.4) is 0 Å². The second-order valence-electron chi connectivity index (χ2n) is 4.03. The predicted molar refractivity (Wildman–Crippen MR) is 74.7 cm³/mol. The number of hydrogen-bond donors (Lipinski definition) is 1. The van der Waals surface area contributed by atoms with Crippen LogP contribution in [0.25, 0.3) is 11.6 Å². The van der Waals surface area contributed by atoms with E-state index < -0.39 is 4.92 Å². The van der Waals surface area contributed by atoms with E-state index in [4.69, 9.17) is 0 Å². The number of nitriles is 1. The highest BCUT2D eigenvalue weighted by molar-refractivity contribution is 5.90. The second kappa shape index (κ2) is 5.67. The van der Waals surface area contributed by atoms with E-state index in [1.165, 1.54) is 36.4 Å². The first-order valence-corrected chi connectivity index (χ1v) is 5.76. The summed E-state index contributed by atoms with van der Waals surface area (Å²) in [6.45, 7) is 0. The topological polar surface area (TPSA) is 87.2 Å². The molecule has 2 rings (SSSR count). The van der Waals surface area contributed by atoms with E-state index in [0.29, 0.717) is 16.7 Å². The van der Waals surface area contributed by atoms with Crippen molar-refractivity contribution in [1.82, 2.24) is 0 Å². The molecule has 0 fully saturated rings. The number of hydrogen-bond acceptors (Lipinski definition) is 4. The van der Waals surface area contributed by atoms with Crippen LogP contribution in [0, 0.1) is 21.4 Å². The fourth-order valence-electron chi connectivity index (χ4n) is 1.71. The average Bonchev–Trinajstić information content (AvgIpc) is 2.46. The molecule has 2 aromatic rings. The molecular weight excluding hydrogens is 256 g/mol. The zero-order valence-corrected chi connectivity index (χ0v) is 10.4. The first kappa shape index (κ1) is 13.3. The lowest BCUT2D eigenvalue weighted by atomic mass is 10.0. The van der Waals surface area contributed by atoms with Gasteiger partial charge in [0.1, 0.15) is 5.75 Å². The third-order valence-electron chi connectivity index (χ3n) is 2.75. The SMILES string of the molecule is N#C/C(=C\c1ccccc1O)c1ccc([N+](=O)[O-])cc1. The Hall–Kier alpha value is -3.13. The number of allylic oxidation sites excluding steroid dienone is 1. The lowest BCUT2D eigenvalue weighted by Crippen LogP contribution is -1.88. The Morgan fingerprint density at radius 3 is 2.40 bits per heavy atom. The van der Waals surface area contributed by atoms with Gasteiger partial charge in [0.15, 0.2) is 0 Å². The average molecular weight is 266 g/mol. The normalized spacial score (nSPS) is 10.8. The Labute approximate surface area is 115 Å². The number of nitrogens with zero attached hydrogens (tertiary/aromatic N) is 2. The van der Waals surface area contributed by atoms with Crippen molar-refractivity contribution in [3.05, 3.63) is 69.8 Å². The first-order chi connectivity index (χ1) is 9.61. The number of rotatable bonds is 3. The van der Waals surface area contributed by atoms with E-state index in [-0.39, 0.29) is 11.4 Å². The largest absolute Gasteiger partial charge is 0.507 e. The van der Waals surface area contributed by atoms with Crippen molar-refractivity contribution < 1.29 is 10.0 Å². The third-order valence-corrected chi connectivity index (χ3v) is 2.75. The fraction of sp³-hybridized carbons (Fsp3) is 0. The highest BCUT2D eigenvalue weighted by atomic mass is 16.6. The summed E-state index contributed by atoms with van der Waals surface area (Å²) in [5.41, 5.74) is 1.36. The Balaban J connectivity index is 2.41. The van der Waals surface area contributed by atoms with E-state index >= 15 is 0 Å². The van der Waals surface area contributed by atoms with Crippen LogP contribution in [-0.4, -0.2) is 10.0 Å². The molecule has 2 aromatic carbocycles. The van der Waals surface area contributed by atoms with Crippen LogP contribution in [0.5, 0.6) is 5.75 Å². The first-order valence-electron chi connectivity index (χ1n) is 5.76. The quantitative estimate of drug-likeness (QED) is 0.399. The molecule has 0 saturated heterocycles. The summed E-state index contributed by atoms with van der Waals surface area (Å²) in [6.07, 6.45) is 1.54. The van der Waals surface area contributed by atoms with Crippen molar-refractivity contribution >= 4 is 17.3 Å². The number of aromatic hydroxyl groups is 1. The third kappa shape index (κ3) is 2.82. The smallest absolute Gasteiger partial charge is 0.269 e. The van der Waals surface area contributed by atoms with Gasteiger partial charge in [0, 0.05) is 17.7 Å². The molecule has 5 heteroatoms. The molecule has 0 bridgehead atoms. The minimum Gasteiger partial charge on any atom is -0.507 e. The zero-order valence-electron chi connectivity index (χ0n) is 10.4. The molecule has 0 atom stereocenters. The minimum atomic E-state index is -0.497. The summed E-state index contributed by atoms with van der Waals surface area (Å²) in [7, 11) is 0. The molecule has 0 unspecified atom stereocenters. The van der Waals surface area contributed by atoms with Crippen molar-refractivity contribution in [3.63, 3.8) is 0 Å². The molecule has 0 saturated carbocycles. The molecule has 20 heavy (non-hydrogen) atoms. The van der Waals surface area contributed by atoms with E-state index in [1.54, 1.807) is 18.2 Å². The Morgan fingerprint density at radius 2 is 1.85 bits per heavy atom. The molecule has 0 aromatic heterocycles. The van der Waals surface area contributed by atoms with Gasteiger partial charge in [-0.3, -0.25) is 10.1 Å². The van der Waals surface area contributed by atoms with Gasteiger partial charge in [-0.2, -0.15) is 5.26 Å². The molecule has 1 N–H and O–H groups in total. The van der Waals surface area contributed by atoms with Gasteiger partial charge < -0.3 is 5.11 Å². The Bertz CT molecular complexity index is 713. The van der Waals surface area contributed by atoms with E-state index in [2.05, 4.69) is 0 Å². The van der Waals surface area contributed by atoms with E-state index in [1.807, 2.05) is 6.07 Å². The summed E-state index contributed by atoms with van der Waals surface area (Å²) in [4.78, 5) is 10.1. The van der Waals surface area contributed by atoms with Gasteiger partial charge in [-0.1, -0.05) is 18.2 Å². The Kier molecular flexibility index (Phi) is 3.77. The summed E-state index contributed by atoms with van der Waals surface area (Å²) < 4.78 is 0. The van der Waals surface area contributed by atoms with Gasteiger partial charge in [-0.25, -0.2) is 0 Å². The van der Waals surface area contributed by atoms with Gasteiger partial charge in [0.05, 0.1) is 16.6 Å². The maximum absolute atomic E-state index is 10.6. The maximum atomic E-state index is 10.6. The lowest BCUT2D eigenvalue weighted by Gasteiger charge is -2.01. The molecule has 0 amide bonds. The van der Waals surface area contributed by atoms with E-state index in [9.17, 15) is 20.5 Å². The monoisotopic (exact) mass is 266 g/mol.